The topological polar surface area (TPSA) is 24.1 Å². The van der Waals surface area contributed by atoms with Crippen molar-refractivity contribution in [2.24, 2.45) is 0 Å². The molecule has 0 bridgehead atoms. The molecule has 0 amide bonds. The summed E-state index contributed by atoms with van der Waals surface area (Å²) in [5, 5.41) is 6.65. The van der Waals surface area contributed by atoms with Crippen LogP contribution in [0.3, 0.4) is 0 Å². The summed E-state index contributed by atoms with van der Waals surface area (Å²) in [5.41, 5.74) is 2.47. The van der Waals surface area contributed by atoms with Crippen molar-refractivity contribution in [3.8, 4) is 0 Å². The van der Waals surface area contributed by atoms with Gasteiger partial charge in [-0.25, -0.2) is 0 Å². The molecule has 1 aliphatic rings. The summed E-state index contributed by atoms with van der Waals surface area (Å²) in [6.07, 6.45) is 2.54. The lowest BCUT2D eigenvalue weighted by molar-refractivity contribution is 0.813. The van der Waals surface area contributed by atoms with E-state index in [0.29, 0.717) is 12.0 Å². The standard InChI is InChI=1S/C14H20N2/c1-10(2)12-5-4-6-14(9-12)16-11(3)15-13-7-8-13/h4-6,9-10,13,15-16H,3,7-8H2,1-2H3. The third-order valence-electron chi connectivity index (χ3n) is 2.80. The molecule has 1 saturated carbocycles. The number of rotatable bonds is 5. The van der Waals surface area contributed by atoms with E-state index < -0.39 is 0 Å². The Hall–Kier alpha value is -1.44. The Morgan fingerprint density at radius 2 is 2.12 bits per heavy atom. The van der Waals surface area contributed by atoms with Crippen molar-refractivity contribution in [1.82, 2.24) is 5.32 Å². The molecule has 0 unspecified atom stereocenters. The Morgan fingerprint density at radius 3 is 2.75 bits per heavy atom. The minimum absolute atomic E-state index is 0.561. The third-order valence-corrected chi connectivity index (χ3v) is 2.80. The molecule has 1 aromatic carbocycles. The van der Waals surface area contributed by atoms with Gasteiger partial charge in [0.2, 0.25) is 0 Å². The van der Waals surface area contributed by atoms with Gasteiger partial charge in [-0.05, 0) is 36.5 Å². The molecule has 0 saturated heterocycles. The molecule has 0 radical (unpaired) electrons. The lowest BCUT2D eigenvalue weighted by Crippen LogP contribution is -2.20. The van der Waals surface area contributed by atoms with E-state index in [1.807, 2.05) is 0 Å². The van der Waals surface area contributed by atoms with Gasteiger partial charge >= 0.3 is 0 Å². The molecule has 0 atom stereocenters. The maximum atomic E-state index is 3.98. The Morgan fingerprint density at radius 1 is 1.38 bits per heavy atom. The summed E-state index contributed by atoms with van der Waals surface area (Å²) < 4.78 is 0. The first-order chi connectivity index (χ1) is 7.65. The van der Waals surface area contributed by atoms with Gasteiger partial charge in [-0.3, -0.25) is 0 Å². The fourth-order valence-corrected chi connectivity index (χ4v) is 1.66. The zero-order chi connectivity index (χ0) is 11.5. The van der Waals surface area contributed by atoms with Crippen LogP contribution >= 0.6 is 0 Å². The highest BCUT2D eigenvalue weighted by atomic mass is 15.1. The number of anilines is 1. The molecule has 0 spiro atoms. The molecular weight excluding hydrogens is 196 g/mol. The van der Waals surface area contributed by atoms with E-state index in [9.17, 15) is 0 Å². The van der Waals surface area contributed by atoms with Gasteiger partial charge in [-0.1, -0.05) is 32.6 Å². The molecule has 1 aromatic rings. The van der Waals surface area contributed by atoms with Crippen LogP contribution < -0.4 is 10.6 Å². The minimum atomic E-state index is 0.561. The molecule has 16 heavy (non-hydrogen) atoms. The molecule has 2 rings (SSSR count). The smallest absolute Gasteiger partial charge is 0.0959 e. The van der Waals surface area contributed by atoms with Gasteiger partial charge in [-0.2, -0.15) is 0 Å². The van der Waals surface area contributed by atoms with E-state index in [0.717, 1.165) is 11.5 Å². The first-order valence-electron chi connectivity index (χ1n) is 5.97. The van der Waals surface area contributed by atoms with E-state index >= 15 is 0 Å². The minimum Gasteiger partial charge on any atom is -0.369 e. The van der Waals surface area contributed by atoms with Gasteiger partial charge in [0.1, 0.15) is 0 Å². The number of hydrogen-bond donors (Lipinski definition) is 2. The van der Waals surface area contributed by atoms with Gasteiger partial charge in [0.15, 0.2) is 0 Å². The predicted octanol–water partition coefficient (Wildman–Crippen LogP) is 3.45. The summed E-state index contributed by atoms with van der Waals surface area (Å²) >= 11 is 0. The molecule has 2 nitrogen and oxygen atoms in total. The first kappa shape index (κ1) is 11.1. The van der Waals surface area contributed by atoms with Crippen LogP contribution in [-0.4, -0.2) is 6.04 Å². The zero-order valence-corrected chi connectivity index (χ0v) is 10.1. The van der Waals surface area contributed by atoms with Crippen molar-refractivity contribution in [3.63, 3.8) is 0 Å². The fraction of sp³-hybridized carbons (Fsp3) is 0.429. The van der Waals surface area contributed by atoms with E-state index in [4.69, 9.17) is 0 Å². The maximum absolute atomic E-state index is 3.98. The Kier molecular flexibility index (Phi) is 3.18. The first-order valence-corrected chi connectivity index (χ1v) is 5.97. The third kappa shape index (κ3) is 3.02. The van der Waals surface area contributed by atoms with Crippen molar-refractivity contribution < 1.29 is 0 Å². The van der Waals surface area contributed by atoms with Crippen LogP contribution in [0.15, 0.2) is 36.7 Å². The van der Waals surface area contributed by atoms with Crippen LogP contribution in [0, 0.1) is 0 Å². The van der Waals surface area contributed by atoms with Crippen LogP contribution in [0.25, 0.3) is 0 Å². The summed E-state index contributed by atoms with van der Waals surface area (Å²) in [5.74, 6) is 1.47. The molecule has 86 valence electrons. The summed E-state index contributed by atoms with van der Waals surface area (Å²) in [4.78, 5) is 0. The summed E-state index contributed by atoms with van der Waals surface area (Å²) in [6.45, 7) is 8.39. The summed E-state index contributed by atoms with van der Waals surface area (Å²) in [7, 11) is 0. The molecule has 0 aromatic heterocycles. The normalized spacial score (nSPS) is 14.9. The second-order valence-electron chi connectivity index (χ2n) is 4.80. The Bertz CT molecular complexity index is 378. The van der Waals surface area contributed by atoms with E-state index in [2.05, 4.69) is 55.3 Å². The zero-order valence-electron chi connectivity index (χ0n) is 10.1. The SMILES string of the molecule is C=C(Nc1cccc(C(C)C)c1)NC1CC1. The molecule has 2 heteroatoms. The fourth-order valence-electron chi connectivity index (χ4n) is 1.66. The highest BCUT2D eigenvalue weighted by molar-refractivity contribution is 5.50. The van der Waals surface area contributed by atoms with Crippen LogP contribution in [0.4, 0.5) is 5.69 Å². The quantitative estimate of drug-likeness (QED) is 0.787. The van der Waals surface area contributed by atoms with Gasteiger partial charge in [-0.15, -0.1) is 0 Å². The number of hydrogen-bond acceptors (Lipinski definition) is 2. The molecule has 1 aliphatic carbocycles. The van der Waals surface area contributed by atoms with Crippen LogP contribution in [0.1, 0.15) is 38.2 Å². The molecule has 0 heterocycles. The average molecular weight is 216 g/mol. The van der Waals surface area contributed by atoms with E-state index in [1.165, 1.54) is 18.4 Å². The molecule has 1 fully saturated rings. The second-order valence-corrected chi connectivity index (χ2v) is 4.80. The Balaban J connectivity index is 1.97. The highest BCUT2D eigenvalue weighted by Gasteiger charge is 2.20. The lowest BCUT2D eigenvalue weighted by atomic mass is 10.0. The predicted molar refractivity (Wildman–Crippen MR) is 69.5 cm³/mol. The van der Waals surface area contributed by atoms with Crippen LogP contribution in [0.5, 0.6) is 0 Å². The summed E-state index contributed by atoms with van der Waals surface area (Å²) in [6, 6.07) is 9.15. The monoisotopic (exact) mass is 216 g/mol. The largest absolute Gasteiger partial charge is 0.369 e. The highest BCUT2D eigenvalue weighted by Crippen LogP contribution is 2.22. The van der Waals surface area contributed by atoms with Gasteiger partial charge in [0.25, 0.3) is 0 Å². The van der Waals surface area contributed by atoms with Gasteiger partial charge in [0, 0.05) is 11.7 Å². The van der Waals surface area contributed by atoms with Crippen molar-refractivity contribution in [2.45, 2.75) is 38.6 Å². The number of nitrogens with one attached hydrogen (secondary N) is 2. The molecule has 0 aliphatic heterocycles. The van der Waals surface area contributed by atoms with Crippen molar-refractivity contribution in [2.75, 3.05) is 5.32 Å². The van der Waals surface area contributed by atoms with Crippen molar-refractivity contribution in [3.05, 3.63) is 42.2 Å². The van der Waals surface area contributed by atoms with Crippen LogP contribution in [-0.2, 0) is 0 Å². The van der Waals surface area contributed by atoms with Crippen molar-refractivity contribution in [1.29, 1.82) is 0 Å². The van der Waals surface area contributed by atoms with Crippen LogP contribution in [0.2, 0.25) is 0 Å². The van der Waals surface area contributed by atoms with E-state index in [-0.39, 0.29) is 0 Å². The maximum Gasteiger partial charge on any atom is 0.0959 e. The van der Waals surface area contributed by atoms with E-state index in [1.54, 1.807) is 0 Å². The molecule has 2 N–H and O–H groups in total. The van der Waals surface area contributed by atoms with Gasteiger partial charge < -0.3 is 10.6 Å². The molecular formula is C14H20N2. The lowest BCUT2D eigenvalue weighted by Gasteiger charge is -2.13. The van der Waals surface area contributed by atoms with Gasteiger partial charge in [0.05, 0.1) is 5.82 Å². The average Bonchev–Trinajstić information content (AvgIpc) is 3.01. The van der Waals surface area contributed by atoms with Crippen molar-refractivity contribution >= 4 is 5.69 Å². The second kappa shape index (κ2) is 4.60. The number of benzene rings is 1. The Labute approximate surface area is 97.8 Å².